The maximum absolute atomic E-state index is 12.2. The third-order valence-electron chi connectivity index (χ3n) is 1.87. The summed E-state index contributed by atoms with van der Waals surface area (Å²) in [7, 11) is 0. The fourth-order valence-corrected chi connectivity index (χ4v) is 1.08. The topological polar surface area (TPSA) is 49.3 Å². The predicted molar refractivity (Wildman–Crippen MR) is 50.9 cm³/mol. The largest absolute Gasteiger partial charge is 0.416 e. The van der Waals surface area contributed by atoms with Crippen molar-refractivity contribution >= 4 is 5.91 Å². The zero-order chi connectivity index (χ0) is 12.2. The highest BCUT2D eigenvalue weighted by molar-refractivity contribution is 5.94. The highest BCUT2D eigenvalue weighted by Gasteiger charge is 2.30. The second kappa shape index (κ2) is 4.98. The molecule has 0 fully saturated rings. The van der Waals surface area contributed by atoms with Gasteiger partial charge in [-0.2, -0.15) is 13.2 Å². The lowest BCUT2D eigenvalue weighted by molar-refractivity contribution is -0.137. The standard InChI is InChI=1S/C10H10F3NO2/c11-10(12,13)8-3-1-7(2-4-8)9(16)14-5-6-15/h1-4,15H,5-6H2,(H,14,16). The number of nitrogens with one attached hydrogen (secondary N) is 1. The van der Waals surface area contributed by atoms with Crippen LogP contribution in [0.15, 0.2) is 24.3 Å². The summed E-state index contributed by atoms with van der Waals surface area (Å²) in [6, 6.07) is 3.87. The van der Waals surface area contributed by atoms with Crippen LogP contribution in [0, 0.1) is 0 Å². The summed E-state index contributed by atoms with van der Waals surface area (Å²) in [6.07, 6.45) is -4.40. The molecule has 0 bridgehead atoms. The van der Waals surface area contributed by atoms with Crippen molar-refractivity contribution in [1.82, 2.24) is 5.32 Å². The van der Waals surface area contributed by atoms with Crippen molar-refractivity contribution in [3.05, 3.63) is 35.4 Å². The molecule has 0 heterocycles. The lowest BCUT2D eigenvalue weighted by atomic mass is 10.1. The Kier molecular flexibility index (Phi) is 3.89. The Morgan fingerprint density at radius 2 is 1.81 bits per heavy atom. The van der Waals surface area contributed by atoms with Gasteiger partial charge in [-0.25, -0.2) is 0 Å². The molecule has 0 saturated carbocycles. The van der Waals surface area contributed by atoms with Gasteiger partial charge in [0.15, 0.2) is 0 Å². The molecular weight excluding hydrogens is 223 g/mol. The minimum atomic E-state index is -4.40. The highest BCUT2D eigenvalue weighted by Crippen LogP contribution is 2.28. The van der Waals surface area contributed by atoms with E-state index in [2.05, 4.69) is 5.32 Å². The third-order valence-corrected chi connectivity index (χ3v) is 1.87. The van der Waals surface area contributed by atoms with Gasteiger partial charge < -0.3 is 10.4 Å². The van der Waals surface area contributed by atoms with Gasteiger partial charge in [0.2, 0.25) is 0 Å². The second-order valence-electron chi connectivity index (χ2n) is 3.05. The minimum absolute atomic E-state index is 0.0693. The van der Waals surface area contributed by atoms with Gasteiger partial charge in [-0.15, -0.1) is 0 Å². The van der Waals surface area contributed by atoms with E-state index in [1.165, 1.54) is 0 Å². The van der Waals surface area contributed by atoms with E-state index < -0.39 is 17.6 Å². The Morgan fingerprint density at radius 3 is 2.25 bits per heavy atom. The summed E-state index contributed by atoms with van der Waals surface area (Å²) >= 11 is 0. The summed E-state index contributed by atoms with van der Waals surface area (Å²) in [5.74, 6) is -0.511. The summed E-state index contributed by atoms with van der Waals surface area (Å²) in [4.78, 5) is 11.3. The van der Waals surface area contributed by atoms with Crippen LogP contribution < -0.4 is 5.32 Å². The monoisotopic (exact) mass is 233 g/mol. The van der Waals surface area contributed by atoms with Crippen LogP contribution in [0.5, 0.6) is 0 Å². The average molecular weight is 233 g/mol. The van der Waals surface area contributed by atoms with E-state index in [1.807, 2.05) is 0 Å². The number of aliphatic hydroxyl groups excluding tert-OH is 1. The number of amides is 1. The van der Waals surface area contributed by atoms with Gasteiger partial charge in [-0.1, -0.05) is 0 Å². The van der Waals surface area contributed by atoms with E-state index in [1.54, 1.807) is 0 Å². The fraction of sp³-hybridized carbons (Fsp3) is 0.300. The zero-order valence-corrected chi connectivity index (χ0v) is 8.21. The number of rotatable bonds is 3. The van der Waals surface area contributed by atoms with Crippen LogP contribution in [0.3, 0.4) is 0 Å². The SMILES string of the molecule is O=C(NCCO)c1ccc(C(F)(F)F)cc1. The van der Waals surface area contributed by atoms with E-state index in [0.29, 0.717) is 0 Å². The Balaban J connectivity index is 2.75. The van der Waals surface area contributed by atoms with Crippen molar-refractivity contribution in [2.24, 2.45) is 0 Å². The predicted octanol–water partition coefficient (Wildman–Crippen LogP) is 1.43. The van der Waals surface area contributed by atoms with Crippen LogP contribution in [0.25, 0.3) is 0 Å². The molecule has 3 nitrogen and oxygen atoms in total. The maximum Gasteiger partial charge on any atom is 0.416 e. The number of benzene rings is 1. The van der Waals surface area contributed by atoms with Crippen molar-refractivity contribution in [1.29, 1.82) is 0 Å². The van der Waals surface area contributed by atoms with Gasteiger partial charge in [0.25, 0.3) is 5.91 Å². The molecule has 1 aromatic carbocycles. The molecule has 1 rings (SSSR count). The highest BCUT2D eigenvalue weighted by atomic mass is 19.4. The number of aliphatic hydroxyl groups is 1. The molecule has 1 aromatic rings. The van der Waals surface area contributed by atoms with Crippen molar-refractivity contribution in [3.63, 3.8) is 0 Å². The van der Waals surface area contributed by atoms with Gasteiger partial charge in [0, 0.05) is 12.1 Å². The van der Waals surface area contributed by atoms with Gasteiger partial charge in [-0.3, -0.25) is 4.79 Å². The Bertz CT molecular complexity index is 359. The minimum Gasteiger partial charge on any atom is -0.395 e. The molecule has 0 aliphatic heterocycles. The van der Waals surface area contributed by atoms with Crippen molar-refractivity contribution < 1.29 is 23.1 Å². The van der Waals surface area contributed by atoms with E-state index in [9.17, 15) is 18.0 Å². The Morgan fingerprint density at radius 1 is 1.25 bits per heavy atom. The number of hydrogen-bond donors (Lipinski definition) is 2. The van der Waals surface area contributed by atoms with E-state index >= 15 is 0 Å². The summed E-state index contributed by atoms with van der Waals surface area (Å²) < 4.78 is 36.6. The third kappa shape index (κ3) is 3.23. The smallest absolute Gasteiger partial charge is 0.395 e. The molecule has 0 aromatic heterocycles. The lowest BCUT2D eigenvalue weighted by Crippen LogP contribution is -2.26. The first-order valence-corrected chi connectivity index (χ1v) is 4.51. The Hall–Kier alpha value is -1.56. The van der Waals surface area contributed by atoms with Gasteiger partial charge >= 0.3 is 6.18 Å². The van der Waals surface area contributed by atoms with Crippen LogP contribution in [0.4, 0.5) is 13.2 Å². The molecule has 6 heteroatoms. The van der Waals surface area contributed by atoms with E-state index in [4.69, 9.17) is 5.11 Å². The summed E-state index contributed by atoms with van der Waals surface area (Å²) in [5, 5.41) is 10.8. The number of alkyl halides is 3. The lowest BCUT2D eigenvalue weighted by Gasteiger charge is -2.07. The molecule has 0 spiro atoms. The first-order chi connectivity index (χ1) is 7.45. The van der Waals surface area contributed by atoms with Crippen molar-refractivity contribution in [2.45, 2.75) is 6.18 Å². The molecule has 1 amide bonds. The van der Waals surface area contributed by atoms with E-state index in [-0.39, 0.29) is 18.7 Å². The van der Waals surface area contributed by atoms with Gasteiger partial charge in [0.1, 0.15) is 0 Å². The number of halogens is 3. The van der Waals surface area contributed by atoms with Crippen LogP contribution in [0.2, 0.25) is 0 Å². The molecule has 0 atom stereocenters. The summed E-state index contributed by atoms with van der Waals surface area (Å²) in [6.45, 7) is -0.147. The van der Waals surface area contributed by atoms with Gasteiger partial charge in [0.05, 0.1) is 12.2 Å². The summed E-state index contributed by atoms with van der Waals surface area (Å²) in [5.41, 5.74) is -0.673. The molecule has 0 aliphatic rings. The number of hydrogen-bond acceptors (Lipinski definition) is 2. The molecule has 0 saturated heterocycles. The first-order valence-electron chi connectivity index (χ1n) is 4.51. The number of carbonyl (C=O) groups is 1. The first kappa shape index (κ1) is 12.5. The molecule has 16 heavy (non-hydrogen) atoms. The van der Waals surface area contributed by atoms with Crippen molar-refractivity contribution in [3.8, 4) is 0 Å². The molecule has 0 aliphatic carbocycles. The van der Waals surface area contributed by atoms with Crippen LogP contribution in [0.1, 0.15) is 15.9 Å². The molecular formula is C10H10F3NO2. The quantitative estimate of drug-likeness (QED) is 0.829. The molecule has 0 unspecified atom stereocenters. The van der Waals surface area contributed by atoms with E-state index in [0.717, 1.165) is 24.3 Å². The maximum atomic E-state index is 12.2. The van der Waals surface area contributed by atoms with Gasteiger partial charge in [-0.05, 0) is 24.3 Å². The van der Waals surface area contributed by atoms with Crippen molar-refractivity contribution in [2.75, 3.05) is 13.2 Å². The van der Waals surface area contributed by atoms with Crippen LogP contribution in [-0.2, 0) is 6.18 Å². The zero-order valence-electron chi connectivity index (χ0n) is 8.21. The molecule has 2 N–H and O–H groups in total. The molecule has 88 valence electrons. The number of carbonyl (C=O) groups excluding carboxylic acids is 1. The average Bonchev–Trinajstić information content (AvgIpc) is 2.25. The van der Waals surface area contributed by atoms with Crippen LogP contribution in [-0.4, -0.2) is 24.2 Å². The second-order valence-corrected chi connectivity index (χ2v) is 3.05. The fourth-order valence-electron chi connectivity index (χ4n) is 1.08. The molecule has 0 radical (unpaired) electrons. The normalized spacial score (nSPS) is 11.2. The van der Waals surface area contributed by atoms with Crippen LogP contribution >= 0.6 is 0 Å². The Labute approximate surface area is 89.9 Å².